The molecule has 0 radical (unpaired) electrons. The molecule has 1 aliphatic carbocycles. The van der Waals surface area contributed by atoms with E-state index in [4.69, 9.17) is 6.42 Å². The van der Waals surface area contributed by atoms with Gasteiger partial charge in [0.1, 0.15) is 6.04 Å². The van der Waals surface area contributed by atoms with Crippen LogP contribution in [0.25, 0.3) is 0 Å². The lowest BCUT2D eigenvalue weighted by atomic mass is 9.96. The number of nitrogens with zero attached hydrogens (tertiary/aromatic N) is 1. The molecule has 1 aromatic carbocycles. The minimum Gasteiger partial charge on any atom is -0.393 e. The van der Waals surface area contributed by atoms with Crippen molar-refractivity contribution >= 4 is 23.4 Å². The highest BCUT2D eigenvalue weighted by molar-refractivity contribution is 5.99. The van der Waals surface area contributed by atoms with Crippen LogP contribution in [0.4, 0.5) is 5.69 Å². The smallest absolute Gasteiger partial charge is 0.247 e. The van der Waals surface area contributed by atoms with Crippen molar-refractivity contribution in [2.24, 2.45) is 5.92 Å². The molecule has 0 bridgehead atoms. The molecule has 3 amide bonds. The second-order valence-corrected chi connectivity index (χ2v) is 10.1. The van der Waals surface area contributed by atoms with Crippen LogP contribution in [0.15, 0.2) is 36.9 Å². The molecule has 1 aliphatic rings. The van der Waals surface area contributed by atoms with Crippen molar-refractivity contribution in [3.8, 4) is 12.3 Å². The topological polar surface area (TPSA) is 98.7 Å². The number of anilines is 1. The number of nitrogens with one attached hydrogen (secondary N) is 2. The number of amides is 3. The number of hydrogen-bond donors (Lipinski definition) is 3. The Labute approximate surface area is 209 Å². The number of benzene rings is 1. The zero-order chi connectivity index (χ0) is 26.0. The Morgan fingerprint density at radius 1 is 1.23 bits per heavy atom. The Morgan fingerprint density at radius 3 is 2.40 bits per heavy atom. The Morgan fingerprint density at radius 2 is 1.86 bits per heavy atom. The van der Waals surface area contributed by atoms with Gasteiger partial charge in [-0.15, -0.1) is 12.3 Å². The van der Waals surface area contributed by atoms with Crippen LogP contribution in [0.5, 0.6) is 0 Å². The highest BCUT2D eigenvalue weighted by atomic mass is 16.3. The molecule has 3 N–H and O–H groups in total. The van der Waals surface area contributed by atoms with E-state index in [2.05, 4.69) is 23.1 Å². The molecule has 35 heavy (non-hydrogen) atoms. The number of carbonyl (C=O) groups is 3. The number of aliphatic hydroxyl groups is 1. The summed E-state index contributed by atoms with van der Waals surface area (Å²) in [6, 6.07) is 5.91. The van der Waals surface area contributed by atoms with Gasteiger partial charge in [0.25, 0.3) is 0 Å². The predicted octanol–water partition coefficient (Wildman–Crippen LogP) is 3.95. The first-order valence-corrected chi connectivity index (χ1v) is 12.3. The molecule has 7 heteroatoms. The minimum atomic E-state index is -0.903. The quantitative estimate of drug-likeness (QED) is 0.329. The Hall–Kier alpha value is -3.11. The lowest BCUT2D eigenvalue weighted by molar-refractivity contribution is -0.142. The first-order valence-electron chi connectivity index (χ1n) is 12.3. The normalized spacial score (nSPS) is 15.5. The molecular weight excluding hydrogens is 442 g/mol. The lowest BCUT2D eigenvalue weighted by Crippen LogP contribution is -2.50. The third kappa shape index (κ3) is 8.88. The van der Waals surface area contributed by atoms with Crippen molar-refractivity contribution in [1.29, 1.82) is 0 Å². The monoisotopic (exact) mass is 481 g/mol. The summed E-state index contributed by atoms with van der Waals surface area (Å²) in [5.41, 5.74) is 0.646. The maximum Gasteiger partial charge on any atom is 0.247 e. The van der Waals surface area contributed by atoms with Gasteiger partial charge in [0.2, 0.25) is 17.7 Å². The SMILES string of the molecule is C#CCCC(=O)N(CCC(O)C1CCCC1)C(C(=O)NC(C)(C)C)c1ccc(NC(=O)C=C)cc1. The summed E-state index contributed by atoms with van der Waals surface area (Å²) in [7, 11) is 0. The number of rotatable bonds is 11. The summed E-state index contributed by atoms with van der Waals surface area (Å²) in [6.07, 6.45) is 11.0. The van der Waals surface area contributed by atoms with E-state index in [0.29, 0.717) is 17.7 Å². The first-order chi connectivity index (χ1) is 16.6. The molecule has 2 atom stereocenters. The molecule has 0 spiro atoms. The summed E-state index contributed by atoms with van der Waals surface area (Å²) >= 11 is 0. The summed E-state index contributed by atoms with van der Waals surface area (Å²) < 4.78 is 0. The highest BCUT2D eigenvalue weighted by Crippen LogP contribution is 2.31. The van der Waals surface area contributed by atoms with Crippen molar-refractivity contribution < 1.29 is 19.5 Å². The minimum absolute atomic E-state index is 0.114. The van der Waals surface area contributed by atoms with Crippen molar-refractivity contribution in [3.63, 3.8) is 0 Å². The number of aliphatic hydroxyl groups excluding tert-OH is 1. The van der Waals surface area contributed by atoms with Crippen LogP contribution in [0.1, 0.15) is 77.3 Å². The second kappa shape index (κ2) is 13.1. The van der Waals surface area contributed by atoms with Gasteiger partial charge in [-0.25, -0.2) is 0 Å². The van der Waals surface area contributed by atoms with Gasteiger partial charge in [0.15, 0.2) is 0 Å². The van der Waals surface area contributed by atoms with E-state index in [1.807, 2.05) is 20.8 Å². The fourth-order valence-electron chi connectivity index (χ4n) is 4.42. The molecule has 2 rings (SSSR count). The van der Waals surface area contributed by atoms with E-state index in [-0.39, 0.29) is 43.0 Å². The number of hydrogen-bond acceptors (Lipinski definition) is 4. The van der Waals surface area contributed by atoms with Crippen molar-refractivity contribution in [2.45, 2.75) is 83.4 Å². The molecule has 190 valence electrons. The Bertz CT molecular complexity index is 921. The van der Waals surface area contributed by atoms with Crippen LogP contribution >= 0.6 is 0 Å². The predicted molar refractivity (Wildman–Crippen MR) is 138 cm³/mol. The van der Waals surface area contributed by atoms with Gasteiger partial charge in [0.05, 0.1) is 6.10 Å². The molecule has 0 saturated heterocycles. The highest BCUT2D eigenvalue weighted by Gasteiger charge is 2.34. The molecule has 0 aliphatic heterocycles. The van der Waals surface area contributed by atoms with Crippen LogP contribution in [0, 0.1) is 18.3 Å². The van der Waals surface area contributed by atoms with Gasteiger partial charge in [0, 0.05) is 30.6 Å². The van der Waals surface area contributed by atoms with E-state index < -0.39 is 17.7 Å². The van der Waals surface area contributed by atoms with Gasteiger partial charge < -0.3 is 20.6 Å². The largest absolute Gasteiger partial charge is 0.393 e. The third-order valence-corrected chi connectivity index (χ3v) is 6.15. The molecule has 1 fully saturated rings. The first kappa shape index (κ1) is 28.1. The van der Waals surface area contributed by atoms with Crippen molar-refractivity contribution in [3.05, 3.63) is 42.5 Å². The van der Waals surface area contributed by atoms with Crippen LogP contribution < -0.4 is 10.6 Å². The molecule has 1 aromatic rings. The van der Waals surface area contributed by atoms with E-state index in [1.165, 1.54) is 11.0 Å². The van der Waals surface area contributed by atoms with Gasteiger partial charge in [-0.2, -0.15) is 0 Å². The average molecular weight is 482 g/mol. The maximum atomic E-state index is 13.5. The number of terminal acetylenes is 1. The van der Waals surface area contributed by atoms with Crippen LogP contribution in [0.3, 0.4) is 0 Å². The van der Waals surface area contributed by atoms with E-state index in [9.17, 15) is 19.5 Å². The van der Waals surface area contributed by atoms with Gasteiger partial charge in [-0.05, 0) is 69.7 Å². The zero-order valence-electron chi connectivity index (χ0n) is 21.2. The standard InChI is InChI=1S/C28H39N3O4/c1-6-8-13-25(34)31(19-18-23(32)20-11-9-10-12-20)26(27(35)30-28(3,4)5)21-14-16-22(17-15-21)29-24(33)7-2/h1,7,14-17,20,23,26,32H,2,8-13,18-19H2,3-5H3,(H,29,33)(H,30,35). The van der Waals surface area contributed by atoms with Crippen LogP contribution in [0.2, 0.25) is 0 Å². The van der Waals surface area contributed by atoms with Crippen molar-refractivity contribution in [1.82, 2.24) is 10.2 Å². The van der Waals surface area contributed by atoms with E-state index in [1.54, 1.807) is 24.3 Å². The molecule has 7 nitrogen and oxygen atoms in total. The summed E-state index contributed by atoms with van der Waals surface area (Å²) in [4.78, 5) is 39.9. The summed E-state index contributed by atoms with van der Waals surface area (Å²) in [5.74, 6) is 1.83. The molecule has 0 aromatic heterocycles. The summed E-state index contributed by atoms with van der Waals surface area (Å²) in [6.45, 7) is 9.32. The number of carbonyl (C=O) groups excluding carboxylic acids is 3. The lowest BCUT2D eigenvalue weighted by Gasteiger charge is -2.34. The molecular formula is C28H39N3O4. The van der Waals surface area contributed by atoms with Gasteiger partial charge in [-0.1, -0.05) is 31.6 Å². The summed E-state index contributed by atoms with van der Waals surface area (Å²) in [5, 5.41) is 16.4. The van der Waals surface area contributed by atoms with Gasteiger partial charge >= 0.3 is 0 Å². The Balaban J connectivity index is 2.37. The van der Waals surface area contributed by atoms with Crippen molar-refractivity contribution in [2.75, 3.05) is 11.9 Å². The fourth-order valence-corrected chi connectivity index (χ4v) is 4.42. The molecule has 1 saturated carbocycles. The maximum absolute atomic E-state index is 13.5. The van der Waals surface area contributed by atoms with Crippen LogP contribution in [-0.2, 0) is 14.4 Å². The molecule has 0 heterocycles. The van der Waals surface area contributed by atoms with E-state index >= 15 is 0 Å². The fraction of sp³-hybridized carbons (Fsp3) is 0.536. The van der Waals surface area contributed by atoms with Gasteiger partial charge in [-0.3, -0.25) is 14.4 Å². The Kier molecular flexibility index (Phi) is 10.5. The molecule has 2 unspecified atom stereocenters. The van der Waals surface area contributed by atoms with Crippen LogP contribution in [-0.4, -0.2) is 45.9 Å². The average Bonchev–Trinajstić information content (AvgIpc) is 3.34. The second-order valence-electron chi connectivity index (χ2n) is 10.1. The zero-order valence-corrected chi connectivity index (χ0v) is 21.2. The van der Waals surface area contributed by atoms with E-state index in [0.717, 1.165) is 25.7 Å². The third-order valence-electron chi connectivity index (χ3n) is 6.15.